The molecule has 0 spiro atoms. The third-order valence-corrected chi connectivity index (χ3v) is 6.41. The molecule has 2 heterocycles. The normalized spacial score (nSPS) is 14.3. The Morgan fingerprint density at radius 1 is 0.944 bits per heavy atom. The van der Waals surface area contributed by atoms with E-state index in [2.05, 4.69) is 9.97 Å². The summed E-state index contributed by atoms with van der Waals surface area (Å²) in [5.41, 5.74) is 1.07. The molecule has 4 aromatic rings. The van der Waals surface area contributed by atoms with E-state index in [9.17, 15) is 22.8 Å². The van der Waals surface area contributed by atoms with Gasteiger partial charge in [0.2, 0.25) is 0 Å². The number of para-hydroxylation sites is 1. The number of carbonyl (C=O) groups is 1. The molecular weight excluding hydrogens is 469 g/mol. The van der Waals surface area contributed by atoms with Crippen LogP contribution in [0, 0.1) is 6.92 Å². The number of carbonyl (C=O) groups excluding carboxylic acids is 1. The Hall–Kier alpha value is -4.14. The van der Waals surface area contributed by atoms with Crippen LogP contribution in [-0.2, 0) is 6.18 Å². The highest BCUT2D eigenvalue weighted by Crippen LogP contribution is 2.35. The van der Waals surface area contributed by atoms with E-state index < -0.39 is 17.3 Å². The number of benzene rings is 3. The smallest absolute Gasteiger partial charge is 0.368 e. The van der Waals surface area contributed by atoms with E-state index in [0.717, 1.165) is 17.7 Å². The zero-order valence-corrected chi connectivity index (χ0v) is 19.5. The van der Waals surface area contributed by atoms with E-state index in [1.165, 1.54) is 0 Å². The van der Waals surface area contributed by atoms with E-state index in [1.54, 1.807) is 60.4 Å². The van der Waals surface area contributed by atoms with Crippen molar-refractivity contribution in [2.45, 2.75) is 13.1 Å². The van der Waals surface area contributed by atoms with Gasteiger partial charge in [0, 0.05) is 43.0 Å². The zero-order chi connectivity index (χ0) is 25.4. The highest BCUT2D eigenvalue weighted by atomic mass is 19.4. The number of aryl methyl sites for hydroxylation is 1. The fourth-order valence-electron chi connectivity index (χ4n) is 4.47. The van der Waals surface area contributed by atoms with Crippen LogP contribution in [0.3, 0.4) is 0 Å². The molecule has 0 radical (unpaired) electrons. The molecule has 0 aliphatic carbocycles. The van der Waals surface area contributed by atoms with E-state index in [-0.39, 0.29) is 17.3 Å². The SMILES string of the molecule is Cc1cccc2c(=O)[nH]c(-c3cc(N4CCN(C(=O)c5ccccc5)CC4)cc(C(F)(F)F)c3)nc12. The predicted octanol–water partition coefficient (Wildman–Crippen LogP) is 4.88. The summed E-state index contributed by atoms with van der Waals surface area (Å²) in [5, 5.41) is 0.380. The fraction of sp³-hybridized carbons (Fsp3) is 0.222. The lowest BCUT2D eigenvalue weighted by Gasteiger charge is -2.36. The molecule has 1 N–H and O–H groups in total. The van der Waals surface area contributed by atoms with Gasteiger partial charge in [-0.05, 0) is 48.9 Å². The topological polar surface area (TPSA) is 69.3 Å². The molecule has 1 aliphatic heterocycles. The lowest BCUT2D eigenvalue weighted by molar-refractivity contribution is -0.137. The Morgan fingerprint density at radius 2 is 1.67 bits per heavy atom. The molecule has 184 valence electrons. The van der Waals surface area contributed by atoms with Crippen LogP contribution in [0.4, 0.5) is 18.9 Å². The Labute approximate surface area is 205 Å². The number of H-pyrrole nitrogens is 1. The molecule has 6 nitrogen and oxygen atoms in total. The molecule has 1 aliphatic rings. The van der Waals surface area contributed by atoms with Gasteiger partial charge >= 0.3 is 6.18 Å². The highest BCUT2D eigenvalue weighted by Gasteiger charge is 2.33. The monoisotopic (exact) mass is 492 g/mol. The lowest BCUT2D eigenvalue weighted by atomic mass is 10.1. The number of hydrogen-bond donors (Lipinski definition) is 1. The molecular formula is C27H23F3N4O2. The maximum atomic E-state index is 13.8. The van der Waals surface area contributed by atoms with Gasteiger partial charge < -0.3 is 14.8 Å². The average Bonchev–Trinajstić information content (AvgIpc) is 2.88. The van der Waals surface area contributed by atoms with Crippen LogP contribution in [0.25, 0.3) is 22.3 Å². The number of aromatic amines is 1. The molecule has 0 saturated carbocycles. The molecule has 1 aromatic heterocycles. The van der Waals surface area contributed by atoms with Crippen molar-refractivity contribution in [3.8, 4) is 11.4 Å². The van der Waals surface area contributed by atoms with Crippen molar-refractivity contribution < 1.29 is 18.0 Å². The number of piperazine rings is 1. The summed E-state index contributed by atoms with van der Waals surface area (Å²) in [4.78, 5) is 36.0. The van der Waals surface area contributed by atoms with Gasteiger partial charge in [-0.3, -0.25) is 9.59 Å². The van der Waals surface area contributed by atoms with Gasteiger partial charge in [0.15, 0.2) is 0 Å². The van der Waals surface area contributed by atoms with Crippen LogP contribution in [0.2, 0.25) is 0 Å². The minimum Gasteiger partial charge on any atom is -0.368 e. The molecule has 0 unspecified atom stereocenters. The van der Waals surface area contributed by atoms with Crippen molar-refractivity contribution in [3.63, 3.8) is 0 Å². The fourth-order valence-corrected chi connectivity index (χ4v) is 4.47. The zero-order valence-electron chi connectivity index (χ0n) is 19.5. The van der Waals surface area contributed by atoms with Crippen LogP contribution in [0.5, 0.6) is 0 Å². The van der Waals surface area contributed by atoms with Crippen LogP contribution >= 0.6 is 0 Å². The van der Waals surface area contributed by atoms with Gasteiger partial charge in [-0.25, -0.2) is 4.98 Å². The molecule has 1 amide bonds. The number of anilines is 1. The first-order valence-corrected chi connectivity index (χ1v) is 11.5. The lowest BCUT2D eigenvalue weighted by Crippen LogP contribution is -2.48. The van der Waals surface area contributed by atoms with Crippen molar-refractivity contribution in [2.75, 3.05) is 31.1 Å². The van der Waals surface area contributed by atoms with E-state index in [4.69, 9.17) is 0 Å². The van der Waals surface area contributed by atoms with Crippen LogP contribution in [-0.4, -0.2) is 47.0 Å². The Kier molecular flexibility index (Phi) is 5.99. The predicted molar refractivity (Wildman–Crippen MR) is 132 cm³/mol. The average molecular weight is 493 g/mol. The second-order valence-electron chi connectivity index (χ2n) is 8.80. The highest BCUT2D eigenvalue weighted by molar-refractivity contribution is 5.94. The van der Waals surface area contributed by atoms with Gasteiger partial charge in [-0.15, -0.1) is 0 Å². The molecule has 1 saturated heterocycles. The minimum absolute atomic E-state index is 0.0760. The summed E-state index contributed by atoms with van der Waals surface area (Å²) in [6.07, 6.45) is -4.58. The quantitative estimate of drug-likeness (QED) is 0.443. The molecule has 0 atom stereocenters. The molecule has 36 heavy (non-hydrogen) atoms. The molecule has 1 fully saturated rings. The second-order valence-corrected chi connectivity index (χ2v) is 8.80. The number of aromatic nitrogens is 2. The van der Waals surface area contributed by atoms with E-state index in [0.29, 0.717) is 48.3 Å². The van der Waals surface area contributed by atoms with E-state index in [1.807, 2.05) is 11.0 Å². The standard InChI is InChI=1S/C27H23F3N4O2/c1-17-6-5-9-22-23(17)31-24(32-25(22)35)19-14-20(27(28,29)30)16-21(15-19)33-10-12-34(13-11-33)26(36)18-7-3-2-4-8-18/h2-9,14-16H,10-13H2,1H3,(H,31,32,35). The van der Waals surface area contributed by atoms with Gasteiger partial charge in [0.05, 0.1) is 16.5 Å². The summed E-state index contributed by atoms with van der Waals surface area (Å²) in [5.74, 6) is -0.0275. The van der Waals surface area contributed by atoms with Crippen molar-refractivity contribution in [1.82, 2.24) is 14.9 Å². The summed E-state index contributed by atoms with van der Waals surface area (Å²) >= 11 is 0. The molecule has 9 heteroatoms. The second kappa shape index (κ2) is 9.14. The first kappa shape index (κ1) is 23.6. The van der Waals surface area contributed by atoms with Crippen molar-refractivity contribution in [1.29, 1.82) is 0 Å². The molecule has 3 aromatic carbocycles. The number of amides is 1. The number of fused-ring (bicyclic) bond motifs is 1. The molecule has 5 rings (SSSR count). The summed E-state index contributed by atoms with van der Waals surface area (Å²) in [7, 11) is 0. The van der Waals surface area contributed by atoms with Gasteiger partial charge in [-0.1, -0.05) is 30.3 Å². The number of rotatable bonds is 3. The van der Waals surface area contributed by atoms with Crippen LogP contribution in [0.15, 0.2) is 71.5 Å². The Bertz CT molecular complexity index is 1490. The largest absolute Gasteiger partial charge is 0.416 e. The van der Waals surface area contributed by atoms with Gasteiger partial charge in [-0.2, -0.15) is 13.2 Å². The summed E-state index contributed by atoms with van der Waals surface area (Å²) in [6, 6.07) is 17.8. The maximum Gasteiger partial charge on any atom is 0.416 e. The summed E-state index contributed by atoms with van der Waals surface area (Å²) in [6.45, 7) is 3.31. The molecule has 0 bridgehead atoms. The first-order valence-electron chi connectivity index (χ1n) is 11.5. The summed E-state index contributed by atoms with van der Waals surface area (Å²) < 4.78 is 41.5. The number of nitrogens with one attached hydrogen (secondary N) is 1. The number of halogens is 3. The van der Waals surface area contributed by atoms with Gasteiger partial charge in [0.25, 0.3) is 11.5 Å². The third kappa shape index (κ3) is 4.56. The number of nitrogens with zero attached hydrogens (tertiary/aromatic N) is 3. The van der Waals surface area contributed by atoms with Crippen molar-refractivity contribution in [3.05, 3.63) is 93.8 Å². The van der Waals surface area contributed by atoms with Crippen molar-refractivity contribution >= 4 is 22.5 Å². The van der Waals surface area contributed by atoms with Gasteiger partial charge in [0.1, 0.15) is 5.82 Å². The number of hydrogen-bond acceptors (Lipinski definition) is 4. The van der Waals surface area contributed by atoms with E-state index >= 15 is 0 Å². The maximum absolute atomic E-state index is 13.8. The van der Waals surface area contributed by atoms with Crippen molar-refractivity contribution in [2.24, 2.45) is 0 Å². The minimum atomic E-state index is -4.58. The van der Waals surface area contributed by atoms with Crippen LogP contribution in [0.1, 0.15) is 21.5 Å². The Morgan fingerprint density at radius 3 is 2.36 bits per heavy atom. The third-order valence-electron chi connectivity index (χ3n) is 6.41. The Balaban J connectivity index is 1.48. The first-order chi connectivity index (χ1) is 17.2. The van der Waals surface area contributed by atoms with Crippen LogP contribution < -0.4 is 10.5 Å². The number of alkyl halides is 3.